The number of ether oxygens (including phenoxy) is 1. The summed E-state index contributed by atoms with van der Waals surface area (Å²) in [5.74, 6) is 0.655. The predicted octanol–water partition coefficient (Wildman–Crippen LogP) is 4.21. The fraction of sp³-hybridized carbons (Fsp3) is 0.471. The number of alkyl halides is 3. The molecule has 25 heavy (non-hydrogen) atoms. The highest BCUT2D eigenvalue weighted by molar-refractivity contribution is 6.31. The number of halogens is 4. The number of aryl methyl sites for hydroxylation is 1. The van der Waals surface area contributed by atoms with Crippen molar-refractivity contribution in [2.45, 2.75) is 38.6 Å². The molecule has 1 aliphatic rings. The first kappa shape index (κ1) is 18.1. The number of benzene rings is 1. The lowest BCUT2D eigenvalue weighted by Gasteiger charge is -2.26. The summed E-state index contributed by atoms with van der Waals surface area (Å²) in [6.07, 6.45) is 0.302. The van der Waals surface area contributed by atoms with E-state index in [4.69, 9.17) is 16.3 Å². The molecule has 1 aliphatic heterocycles. The summed E-state index contributed by atoms with van der Waals surface area (Å²) in [7, 11) is 0. The molecule has 0 saturated carbocycles. The average molecular weight is 374 g/mol. The van der Waals surface area contributed by atoms with E-state index in [2.05, 4.69) is 10.4 Å². The van der Waals surface area contributed by atoms with Gasteiger partial charge in [0.15, 0.2) is 0 Å². The lowest BCUT2D eigenvalue weighted by Crippen LogP contribution is -2.34. The Kier molecular flexibility index (Phi) is 5.24. The van der Waals surface area contributed by atoms with Crippen LogP contribution in [0, 0.1) is 6.92 Å². The van der Waals surface area contributed by atoms with Gasteiger partial charge in [-0.15, -0.1) is 0 Å². The van der Waals surface area contributed by atoms with Gasteiger partial charge >= 0.3 is 6.18 Å². The van der Waals surface area contributed by atoms with Crippen LogP contribution in [-0.4, -0.2) is 35.2 Å². The van der Waals surface area contributed by atoms with Crippen LogP contribution in [0.2, 0.25) is 5.02 Å². The summed E-state index contributed by atoms with van der Waals surface area (Å²) in [5, 5.41) is 7.60. The first-order chi connectivity index (χ1) is 11.8. The maximum absolute atomic E-state index is 12.6. The summed E-state index contributed by atoms with van der Waals surface area (Å²) >= 11 is 6.16. The number of nitrogens with zero attached hydrogens (tertiary/aromatic N) is 2. The van der Waals surface area contributed by atoms with E-state index in [0.29, 0.717) is 21.9 Å². The van der Waals surface area contributed by atoms with Gasteiger partial charge in [0.1, 0.15) is 18.4 Å². The zero-order valence-corrected chi connectivity index (χ0v) is 14.5. The van der Waals surface area contributed by atoms with Crippen LogP contribution >= 0.6 is 11.6 Å². The molecule has 1 aromatic carbocycles. The van der Waals surface area contributed by atoms with Crippen LogP contribution in [0.4, 0.5) is 13.2 Å². The maximum atomic E-state index is 12.6. The van der Waals surface area contributed by atoms with Gasteiger partial charge in [-0.3, -0.25) is 4.68 Å². The van der Waals surface area contributed by atoms with Gasteiger partial charge in [-0.1, -0.05) is 11.6 Å². The Balaban J connectivity index is 1.91. The van der Waals surface area contributed by atoms with Crippen molar-refractivity contribution in [1.29, 1.82) is 0 Å². The van der Waals surface area contributed by atoms with Gasteiger partial charge in [0.05, 0.1) is 6.20 Å². The number of nitrogens with one attached hydrogen (secondary N) is 1. The molecule has 1 saturated heterocycles. The van der Waals surface area contributed by atoms with Crippen molar-refractivity contribution in [1.82, 2.24) is 15.1 Å². The highest BCUT2D eigenvalue weighted by atomic mass is 35.5. The van der Waals surface area contributed by atoms with Crippen molar-refractivity contribution >= 4 is 11.6 Å². The summed E-state index contributed by atoms with van der Waals surface area (Å²) in [5.41, 5.74) is 2.07. The maximum Gasteiger partial charge on any atom is 0.408 e. The van der Waals surface area contributed by atoms with Gasteiger partial charge in [-0.05, 0) is 50.6 Å². The molecule has 8 heteroatoms. The van der Waals surface area contributed by atoms with Crippen LogP contribution in [-0.2, 0) is 6.54 Å². The summed E-state index contributed by atoms with van der Waals surface area (Å²) in [6, 6.07) is 3.50. The number of piperidine rings is 1. The number of aromatic nitrogens is 2. The molecule has 0 unspecified atom stereocenters. The van der Waals surface area contributed by atoms with Crippen LogP contribution < -0.4 is 10.1 Å². The Morgan fingerprint density at radius 3 is 2.72 bits per heavy atom. The lowest BCUT2D eigenvalue weighted by atomic mass is 10.0. The van der Waals surface area contributed by atoms with Gasteiger partial charge in [0, 0.05) is 22.3 Å². The monoisotopic (exact) mass is 373 g/mol. The van der Waals surface area contributed by atoms with Crippen molar-refractivity contribution in [3.05, 3.63) is 35.1 Å². The smallest absolute Gasteiger partial charge is 0.408 e. The van der Waals surface area contributed by atoms with Gasteiger partial charge < -0.3 is 10.1 Å². The van der Waals surface area contributed by atoms with E-state index < -0.39 is 12.7 Å². The van der Waals surface area contributed by atoms with E-state index in [1.807, 2.05) is 6.92 Å². The number of hydrogen-bond acceptors (Lipinski definition) is 3. The first-order valence-electron chi connectivity index (χ1n) is 8.09. The van der Waals surface area contributed by atoms with Crippen LogP contribution in [0.1, 0.15) is 18.4 Å². The lowest BCUT2D eigenvalue weighted by molar-refractivity contribution is -0.142. The SMILES string of the molecule is Cc1cc(Cl)cc(-c2cnn(CC(F)(F)F)c2)c1OC1CCNCC1. The molecule has 0 radical (unpaired) electrons. The third-order valence-corrected chi connectivity index (χ3v) is 4.31. The molecule has 2 aromatic rings. The summed E-state index contributed by atoms with van der Waals surface area (Å²) in [4.78, 5) is 0. The van der Waals surface area contributed by atoms with E-state index in [-0.39, 0.29) is 6.10 Å². The molecule has 1 N–H and O–H groups in total. The molecule has 1 aromatic heterocycles. The Hall–Kier alpha value is -1.73. The highest BCUT2D eigenvalue weighted by Gasteiger charge is 2.28. The van der Waals surface area contributed by atoms with E-state index >= 15 is 0 Å². The predicted molar refractivity (Wildman–Crippen MR) is 90.0 cm³/mol. The van der Waals surface area contributed by atoms with Crippen molar-refractivity contribution in [2.24, 2.45) is 0 Å². The quantitative estimate of drug-likeness (QED) is 0.872. The van der Waals surface area contributed by atoms with Crippen molar-refractivity contribution < 1.29 is 17.9 Å². The molecule has 0 bridgehead atoms. The fourth-order valence-electron chi connectivity index (χ4n) is 2.95. The molecule has 0 atom stereocenters. The second-order valence-corrected chi connectivity index (χ2v) is 6.64. The second-order valence-electron chi connectivity index (χ2n) is 6.21. The van der Waals surface area contributed by atoms with Gasteiger partial charge in [0.25, 0.3) is 0 Å². The van der Waals surface area contributed by atoms with Crippen LogP contribution in [0.5, 0.6) is 5.75 Å². The van der Waals surface area contributed by atoms with Gasteiger partial charge in [-0.2, -0.15) is 18.3 Å². The van der Waals surface area contributed by atoms with Crippen molar-refractivity contribution in [3.63, 3.8) is 0 Å². The average Bonchev–Trinajstić information content (AvgIpc) is 2.97. The zero-order chi connectivity index (χ0) is 18.0. The molecular weight excluding hydrogens is 355 g/mol. The summed E-state index contributed by atoms with van der Waals surface area (Å²) < 4.78 is 44.7. The standard InChI is InChI=1S/C17H19ClF3N3O/c1-11-6-13(18)7-15(16(11)25-14-2-4-22-5-3-14)12-8-23-24(9-12)10-17(19,20)21/h6-9,14,22H,2-5,10H2,1H3. The van der Waals surface area contributed by atoms with E-state index in [9.17, 15) is 13.2 Å². The Morgan fingerprint density at radius 2 is 2.04 bits per heavy atom. The van der Waals surface area contributed by atoms with Gasteiger partial charge in [0.2, 0.25) is 0 Å². The van der Waals surface area contributed by atoms with Crippen molar-refractivity contribution in [3.8, 4) is 16.9 Å². The minimum atomic E-state index is -4.32. The highest BCUT2D eigenvalue weighted by Crippen LogP contribution is 2.37. The van der Waals surface area contributed by atoms with Gasteiger partial charge in [-0.25, -0.2) is 0 Å². The fourth-order valence-corrected chi connectivity index (χ4v) is 3.23. The second kappa shape index (κ2) is 7.25. The first-order valence-corrected chi connectivity index (χ1v) is 8.47. The van der Waals surface area contributed by atoms with E-state index in [1.165, 1.54) is 12.4 Å². The van der Waals surface area contributed by atoms with E-state index in [0.717, 1.165) is 36.2 Å². The van der Waals surface area contributed by atoms with Crippen LogP contribution in [0.15, 0.2) is 24.5 Å². The Morgan fingerprint density at radius 1 is 1.32 bits per heavy atom. The zero-order valence-electron chi connectivity index (χ0n) is 13.7. The van der Waals surface area contributed by atoms with Crippen LogP contribution in [0.3, 0.4) is 0 Å². The normalized spacial score (nSPS) is 16.2. The van der Waals surface area contributed by atoms with Crippen LogP contribution in [0.25, 0.3) is 11.1 Å². The Labute approximate surface area is 148 Å². The third kappa shape index (κ3) is 4.67. The number of rotatable bonds is 4. The largest absolute Gasteiger partial charge is 0.489 e. The molecule has 136 valence electrons. The topological polar surface area (TPSA) is 39.1 Å². The minimum Gasteiger partial charge on any atom is -0.489 e. The molecule has 2 heterocycles. The Bertz CT molecular complexity index is 739. The third-order valence-electron chi connectivity index (χ3n) is 4.10. The van der Waals surface area contributed by atoms with E-state index in [1.54, 1.807) is 12.1 Å². The molecule has 1 fully saturated rings. The summed E-state index contributed by atoms with van der Waals surface area (Å²) in [6.45, 7) is 2.52. The molecule has 3 rings (SSSR count). The number of hydrogen-bond donors (Lipinski definition) is 1. The molecule has 4 nitrogen and oxygen atoms in total. The molecule has 0 aliphatic carbocycles. The molecule has 0 amide bonds. The minimum absolute atomic E-state index is 0.0742. The molecule has 0 spiro atoms. The molecular formula is C17H19ClF3N3O. The van der Waals surface area contributed by atoms with Crippen molar-refractivity contribution in [2.75, 3.05) is 13.1 Å².